The summed E-state index contributed by atoms with van der Waals surface area (Å²) in [5.74, 6) is -0.298. The molecule has 1 aliphatic rings. The number of rotatable bonds is 4. The standard InChI is InChI=1S/C17H25FN2O/c1-5-12(2)17(21)14-11-15(18)16(10-13(14)3)20-8-6-19(4)7-9-20/h10-12H,5-9H2,1-4H3. The van der Waals surface area contributed by atoms with Crippen LogP contribution in [-0.2, 0) is 0 Å². The number of halogens is 1. The third kappa shape index (κ3) is 3.43. The van der Waals surface area contributed by atoms with Gasteiger partial charge in [-0.3, -0.25) is 4.79 Å². The van der Waals surface area contributed by atoms with Crippen molar-refractivity contribution in [2.45, 2.75) is 27.2 Å². The Balaban J connectivity index is 2.27. The van der Waals surface area contributed by atoms with E-state index in [-0.39, 0.29) is 17.5 Å². The maximum atomic E-state index is 14.4. The van der Waals surface area contributed by atoms with Crippen molar-refractivity contribution in [2.75, 3.05) is 38.1 Å². The summed E-state index contributed by atoms with van der Waals surface area (Å²) in [5.41, 5.74) is 2.02. The molecule has 1 aromatic carbocycles. The van der Waals surface area contributed by atoms with Crippen molar-refractivity contribution in [1.29, 1.82) is 0 Å². The quantitative estimate of drug-likeness (QED) is 0.797. The fourth-order valence-corrected chi connectivity index (χ4v) is 2.67. The Hall–Kier alpha value is -1.42. The Bertz CT molecular complexity index is 522. The minimum Gasteiger partial charge on any atom is -0.367 e. The molecular formula is C17H25FN2O. The molecule has 1 fully saturated rings. The number of likely N-dealkylation sites (N-methyl/N-ethyl adjacent to an activating group) is 1. The van der Waals surface area contributed by atoms with Gasteiger partial charge < -0.3 is 9.80 Å². The average Bonchev–Trinajstić information content (AvgIpc) is 2.48. The molecule has 0 spiro atoms. The van der Waals surface area contributed by atoms with E-state index in [0.29, 0.717) is 11.3 Å². The van der Waals surface area contributed by atoms with Crippen LogP contribution in [-0.4, -0.2) is 43.9 Å². The number of nitrogens with zero attached hydrogens (tertiary/aromatic N) is 2. The maximum Gasteiger partial charge on any atom is 0.166 e. The molecule has 3 nitrogen and oxygen atoms in total. The second-order valence-corrected chi connectivity index (χ2v) is 6.08. The molecule has 1 unspecified atom stereocenters. The molecule has 1 aromatic rings. The van der Waals surface area contributed by atoms with Gasteiger partial charge in [0.05, 0.1) is 5.69 Å². The number of piperazine rings is 1. The molecular weight excluding hydrogens is 267 g/mol. The molecule has 0 aromatic heterocycles. The SMILES string of the molecule is CCC(C)C(=O)c1cc(F)c(N2CCN(C)CC2)cc1C. The highest BCUT2D eigenvalue weighted by Gasteiger charge is 2.22. The first-order chi connectivity index (χ1) is 9.93. The Labute approximate surface area is 126 Å². The van der Waals surface area contributed by atoms with E-state index in [2.05, 4.69) is 16.8 Å². The molecule has 1 heterocycles. The summed E-state index contributed by atoms with van der Waals surface area (Å²) < 4.78 is 14.4. The maximum absolute atomic E-state index is 14.4. The Morgan fingerprint density at radius 3 is 2.48 bits per heavy atom. The minimum atomic E-state index is -0.281. The molecule has 1 saturated heterocycles. The van der Waals surface area contributed by atoms with E-state index < -0.39 is 0 Å². The van der Waals surface area contributed by atoms with Gasteiger partial charge in [-0.05, 0) is 38.1 Å². The van der Waals surface area contributed by atoms with Gasteiger partial charge in [0.2, 0.25) is 0 Å². The Morgan fingerprint density at radius 1 is 1.29 bits per heavy atom. The Kier molecular flexibility index (Phi) is 4.99. The largest absolute Gasteiger partial charge is 0.367 e. The van der Waals surface area contributed by atoms with Crippen LogP contribution in [0, 0.1) is 18.7 Å². The predicted octanol–water partition coefficient (Wildman–Crippen LogP) is 3.11. The van der Waals surface area contributed by atoms with Crippen LogP contribution in [0.15, 0.2) is 12.1 Å². The fraction of sp³-hybridized carbons (Fsp3) is 0.588. The van der Waals surface area contributed by atoms with Crippen LogP contribution in [0.25, 0.3) is 0 Å². The van der Waals surface area contributed by atoms with Crippen molar-refractivity contribution in [2.24, 2.45) is 5.92 Å². The van der Waals surface area contributed by atoms with Gasteiger partial charge in [-0.25, -0.2) is 4.39 Å². The van der Waals surface area contributed by atoms with Crippen molar-refractivity contribution < 1.29 is 9.18 Å². The average molecular weight is 292 g/mol. The molecule has 0 saturated carbocycles. The lowest BCUT2D eigenvalue weighted by atomic mass is 9.93. The normalized spacial score (nSPS) is 17.9. The van der Waals surface area contributed by atoms with Crippen LogP contribution in [0.2, 0.25) is 0 Å². The summed E-state index contributed by atoms with van der Waals surface area (Å²) in [6.45, 7) is 9.30. The second kappa shape index (κ2) is 6.56. The van der Waals surface area contributed by atoms with E-state index in [1.165, 1.54) is 6.07 Å². The number of ketones is 1. The molecule has 0 N–H and O–H groups in total. The van der Waals surface area contributed by atoms with Gasteiger partial charge in [0.25, 0.3) is 0 Å². The lowest BCUT2D eigenvalue weighted by Crippen LogP contribution is -2.44. The van der Waals surface area contributed by atoms with Gasteiger partial charge in [-0.2, -0.15) is 0 Å². The Morgan fingerprint density at radius 2 is 1.90 bits per heavy atom. The zero-order valence-electron chi connectivity index (χ0n) is 13.4. The highest BCUT2D eigenvalue weighted by Crippen LogP contribution is 2.26. The number of carbonyl (C=O) groups is 1. The predicted molar refractivity (Wildman–Crippen MR) is 84.6 cm³/mol. The van der Waals surface area contributed by atoms with Crippen molar-refractivity contribution in [3.05, 3.63) is 29.1 Å². The summed E-state index contributed by atoms with van der Waals surface area (Å²) in [6, 6.07) is 3.26. The van der Waals surface area contributed by atoms with Gasteiger partial charge in [0.15, 0.2) is 5.78 Å². The van der Waals surface area contributed by atoms with E-state index in [1.54, 1.807) is 0 Å². The lowest BCUT2D eigenvalue weighted by molar-refractivity contribution is 0.0926. The smallest absolute Gasteiger partial charge is 0.166 e. The number of Topliss-reactive ketones (excluding diaryl/α,β-unsaturated/α-hetero) is 1. The summed E-state index contributed by atoms with van der Waals surface area (Å²) in [4.78, 5) is 16.6. The van der Waals surface area contributed by atoms with Crippen LogP contribution in [0.4, 0.5) is 10.1 Å². The lowest BCUT2D eigenvalue weighted by Gasteiger charge is -2.34. The third-order valence-corrected chi connectivity index (χ3v) is 4.46. The molecule has 0 aliphatic carbocycles. The van der Waals surface area contributed by atoms with Crippen molar-refractivity contribution in [1.82, 2.24) is 4.90 Å². The zero-order chi connectivity index (χ0) is 15.6. The number of anilines is 1. The zero-order valence-corrected chi connectivity index (χ0v) is 13.4. The molecule has 1 aliphatic heterocycles. The highest BCUT2D eigenvalue weighted by molar-refractivity contribution is 5.99. The second-order valence-electron chi connectivity index (χ2n) is 6.08. The van der Waals surface area contributed by atoms with E-state index in [4.69, 9.17) is 0 Å². The fourth-order valence-electron chi connectivity index (χ4n) is 2.67. The van der Waals surface area contributed by atoms with Gasteiger partial charge in [0, 0.05) is 37.7 Å². The van der Waals surface area contributed by atoms with Crippen LogP contribution >= 0.6 is 0 Å². The van der Waals surface area contributed by atoms with Gasteiger partial charge in [-0.15, -0.1) is 0 Å². The number of carbonyl (C=O) groups excluding carboxylic acids is 1. The molecule has 116 valence electrons. The molecule has 21 heavy (non-hydrogen) atoms. The van der Waals surface area contributed by atoms with Gasteiger partial charge >= 0.3 is 0 Å². The summed E-state index contributed by atoms with van der Waals surface area (Å²) >= 11 is 0. The number of hydrogen-bond donors (Lipinski definition) is 0. The molecule has 0 amide bonds. The van der Waals surface area contributed by atoms with Crippen molar-refractivity contribution in [3.63, 3.8) is 0 Å². The van der Waals surface area contributed by atoms with E-state index in [9.17, 15) is 9.18 Å². The highest BCUT2D eigenvalue weighted by atomic mass is 19.1. The van der Waals surface area contributed by atoms with E-state index in [1.807, 2.05) is 26.8 Å². The summed E-state index contributed by atoms with van der Waals surface area (Å²) in [5, 5.41) is 0. The summed E-state index contributed by atoms with van der Waals surface area (Å²) in [7, 11) is 2.08. The van der Waals surface area contributed by atoms with E-state index >= 15 is 0 Å². The topological polar surface area (TPSA) is 23.6 Å². The first-order valence-electron chi connectivity index (χ1n) is 7.71. The van der Waals surface area contributed by atoms with E-state index in [0.717, 1.165) is 38.2 Å². The molecule has 1 atom stereocenters. The van der Waals surface area contributed by atoms with Crippen molar-refractivity contribution >= 4 is 11.5 Å². The van der Waals surface area contributed by atoms with Crippen LogP contribution in [0.3, 0.4) is 0 Å². The molecule has 2 rings (SSSR count). The monoisotopic (exact) mass is 292 g/mol. The van der Waals surface area contributed by atoms with Crippen molar-refractivity contribution in [3.8, 4) is 0 Å². The first-order valence-corrected chi connectivity index (χ1v) is 7.71. The molecule has 0 bridgehead atoms. The molecule has 4 heteroatoms. The van der Waals surface area contributed by atoms with Crippen LogP contribution < -0.4 is 4.90 Å². The number of aryl methyl sites for hydroxylation is 1. The van der Waals surface area contributed by atoms with Gasteiger partial charge in [0.1, 0.15) is 5.82 Å². The van der Waals surface area contributed by atoms with Crippen LogP contribution in [0.5, 0.6) is 0 Å². The minimum absolute atomic E-state index is 0.0406. The van der Waals surface area contributed by atoms with Gasteiger partial charge in [-0.1, -0.05) is 13.8 Å². The van der Waals surface area contributed by atoms with Crippen LogP contribution in [0.1, 0.15) is 36.2 Å². The third-order valence-electron chi connectivity index (χ3n) is 4.46. The number of hydrogen-bond acceptors (Lipinski definition) is 3. The number of benzene rings is 1. The first kappa shape index (κ1) is 16.0. The summed E-state index contributed by atoms with van der Waals surface area (Å²) in [6.07, 6.45) is 0.778. The molecule has 0 radical (unpaired) electrons.